The van der Waals surface area contributed by atoms with Crippen molar-refractivity contribution in [3.8, 4) is 11.1 Å². The van der Waals surface area contributed by atoms with Crippen LogP contribution in [0.2, 0.25) is 0 Å². The molecule has 2 aliphatic carbocycles. The van der Waals surface area contributed by atoms with E-state index in [-0.39, 0.29) is 21.7 Å². The summed E-state index contributed by atoms with van der Waals surface area (Å²) in [5.41, 5.74) is 12.9. The molecular formula is C49H62Zr. The third-order valence-electron chi connectivity index (χ3n) is 12.1. The van der Waals surface area contributed by atoms with Gasteiger partial charge in [0.15, 0.2) is 0 Å². The molecule has 0 spiro atoms. The van der Waals surface area contributed by atoms with Crippen molar-refractivity contribution < 1.29 is 18.3 Å². The molecule has 0 heterocycles. The molecule has 1 atom stereocenters. The molecule has 0 aliphatic heterocycles. The summed E-state index contributed by atoms with van der Waals surface area (Å²) in [5, 5.41) is 0. The molecule has 2 aliphatic rings. The maximum atomic E-state index is 5.94. The van der Waals surface area contributed by atoms with E-state index >= 15 is 0 Å². The van der Waals surface area contributed by atoms with E-state index in [1.807, 2.05) is 0 Å². The Morgan fingerprint density at radius 3 is 1.46 bits per heavy atom. The maximum absolute atomic E-state index is 5.94. The summed E-state index contributed by atoms with van der Waals surface area (Å²) in [6.07, 6.45) is 6.00. The van der Waals surface area contributed by atoms with E-state index in [2.05, 4.69) is 188 Å². The molecule has 0 radical (unpaired) electrons. The van der Waals surface area contributed by atoms with Crippen LogP contribution in [0, 0.1) is 5.92 Å². The number of benzene rings is 4. The van der Waals surface area contributed by atoms with Crippen molar-refractivity contribution in [1.29, 1.82) is 0 Å². The Bertz CT molecular complexity index is 2040. The van der Waals surface area contributed by atoms with Gasteiger partial charge in [-0.25, -0.2) is 0 Å². The number of hydrogen-bond acceptors (Lipinski definition) is 0. The van der Waals surface area contributed by atoms with Crippen molar-refractivity contribution in [2.75, 3.05) is 0 Å². The van der Waals surface area contributed by atoms with Crippen LogP contribution in [0.15, 0.2) is 99.9 Å². The minimum atomic E-state index is -5.08. The number of rotatable bonds is 4. The summed E-state index contributed by atoms with van der Waals surface area (Å²) >= 11 is -5.08. The molecule has 0 saturated heterocycles. The normalized spacial score (nSPS) is 17.0. The molecule has 0 fully saturated rings. The van der Waals surface area contributed by atoms with Crippen molar-refractivity contribution in [3.63, 3.8) is 0 Å². The first kappa shape index (κ1) is 36.9. The second kappa shape index (κ2) is 11.8. The molecule has 1 heteroatoms. The summed E-state index contributed by atoms with van der Waals surface area (Å²) in [5.74, 6) is 0.294. The zero-order chi connectivity index (χ0) is 36.8. The van der Waals surface area contributed by atoms with Gasteiger partial charge in [0.25, 0.3) is 0 Å². The Hall–Kier alpha value is -2.89. The fourth-order valence-electron chi connectivity index (χ4n) is 9.18. The van der Waals surface area contributed by atoms with Gasteiger partial charge in [-0.3, -0.25) is 0 Å². The number of allylic oxidation sites excluding steroid dienone is 4. The summed E-state index contributed by atoms with van der Waals surface area (Å²) in [6, 6.07) is 31.9. The van der Waals surface area contributed by atoms with Gasteiger partial charge in [0.05, 0.1) is 0 Å². The summed E-state index contributed by atoms with van der Waals surface area (Å²) < 4.78 is 11.9. The van der Waals surface area contributed by atoms with E-state index in [9.17, 15) is 0 Å². The summed E-state index contributed by atoms with van der Waals surface area (Å²) in [7, 11) is 0. The van der Waals surface area contributed by atoms with Gasteiger partial charge in [-0.2, -0.15) is 0 Å². The minimum absolute atomic E-state index is 0.0639. The Kier molecular flexibility index (Phi) is 8.72. The van der Waals surface area contributed by atoms with Crippen LogP contribution in [0.1, 0.15) is 130 Å². The van der Waals surface area contributed by atoms with Crippen LogP contribution >= 0.6 is 0 Å². The van der Waals surface area contributed by atoms with Gasteiger partial charge in [0, 0.05) is 0 Å². The standard InChI is InChI=1S/C21H25.2C10H13.C7H9.CH2.Zr/c1-20(2,3)16-7-9-18-14(12-16)11-15-13-17(21(4,5)6)8-10-19(15)18;2*1-10(2,3)9-7-5-4-6-8-9;1-6-3-4-7(2)5-6;;/h7-10,12H,11H2,1-6H3;2*5-8H,1-3H3;3,5,7H,1-2H3;1H2;. The Labute approximate surface area is 305 Å². The van der Waals surface area contributed by atoms with E-state index in [1.54, 1.807) is 6.55 Å². The van der Waals surface area contributed by atoms with Crippen LogP contribution in [0.25, 0.3) is 11.1 Å². The molecule has 6 rings (SSSR count). The van der Waals surface area contributed by atoms with Crippen molar-refractivity contribution in [3.05, 3.63) is 133 Å². The Morgan fingerprint density at radius 1 is 0.580 bits per heavy atom. The van der Waals surface area contributed by atoms with Gasteiger partial charge in [0.2, 0.25) is 0 Å². The van der Waals surface area contributed by atoms with E-state index in [4.69, 9.17) is 4.21 Å². The van der Waals surface area contributed by atoms with Crippen molar-refractivity contribution >= 4 is 14.0 Å². The molecule has 0 bridgehead atoms. The quantitative estimate of drug-likeness (QED) is 0.172. The first-order chi connectivity index (χ1) is 23.0. The molecule has 4 aromatic rings. The van der Waals surface area contributed by atoms with E-state index < -0.39 is 18.3 Å². The molecule has 1 unspecified atom stereocenters. The molecule has 262 valence electrons. The molecule has 0 amide bonds. The zero-order valence-corrected chi connectivity index (χ0v) is 36.1. The SMILES string of the molecule is [CH2]=[Zr]([C]1=CC(C)=CC1C)([c]1ccc(C(C)(C)C)cc1)([c]1ccc(C(C)(C)C)cc1)[c]1c(C(C)(C)C)ccc2c1Cc1cc(C(C)(C)C)ccc1-2. The fraction of sp³-hybridized carbons (Fsp3) is 0.408. The van der Waals surface area contributed by atoms with Crippen LogP contribution in [-0.4, -0.2) is 4.21 Å². The third kappa shape index (κ3) is 5.79. The number of hydrogen-bond donors (Lipinski definition) is 0. The Morgan fingerprint density at radius 2 is 1.04 bits per heavy atom. The van der Waals surface area contributed by atoms with Crippen LogP contribution in [0.4, 0.5) is 0 Å². The van der Waals surface area contributed by atoms with Crippen LogP contribution < -0.4 is 9.81 Å². The van der Waals surface area contributed by atoms with Crippen LogP contribution in [-0.2, 0) is 46.4 Å². The Balaban J connectivity index is 1.84. The van der Waals surface area contributed by atoms with E-state index in [0.29, 0.717) is 5.92 Å². The number of fused-ring (bicyclic) bond motifs is 3. The topological polar surface area (TPSA) is 0 Å². The molecule has 4 aromatic carbocycles. The van der Waals surface area contributed by atoms with Crippen molar-refractivity contribution in [2.24, 2.45) is 5.92 Å². The fourth-order valence-corrected chi connectivity index (χ4v) is 27.0. The monoisotopic (exact) mass is 740 g/mol. The average molecular weight is 742 g/mol. The van der Waals surface area contributed by atoms with E-state index in [1.165, 1.54) is 56.6 Å². The van der Waals surface area contributed by atoms with E-state index in [0.717, 1.165) is 6.42 Å². The zero-order valence-electron chi connectivity index (χ0n) is 33.7. The van der Waals surface area contributed by atoms with Gasteiger partial charge in [0.1, 0.15) is 0 Å². The third-order valence-corrected chi connectivity index (χ3v) is 28.7. The van der Waals surface area contributed by atoms with Gasteiger partial charge >= 0.3 is 308 Å². The van der Waals surface area contributed by atoms with Gasteiger partial charge < -0.3 is 0 Å². The molecule has 50 heavy (non-hydrogen) atoms. The second-order valence-electron chi connectivity index (χ2n) is 20.0. The second-order valence-corrected chi connectivity index (χ2v) is 32.6. The van der Waals surface area contributed by atoms with Gasteiger partial charge in [-0.05, 0) is 0 Å². The first-order valence-electron chi connectivity index (χ1n) is 18.9. The average Bonchev–Trinajstić information content (AvgIpc) is 3.57. The summed E-state index contributed by atoms with van der Waals surface area (Å²) in [4.78, 5) is 0. The van der Waals surface area contributed by atoms with Gasteiger partial charge in [-0.1, -0.05) is 0 Å². The first-order valence-corrected chi connectivity index (χ1v) is 25.6. The molecule has 0 aromatic heterocycles. The van der Waals surface area contributed by atoms with Crippen molar-refractivity contribution in [1.82, 2.24) is 0 Å². The van der Waals surface area contributed by atoms with Gasteiger partial charge in [-0.15, -0.1) is 0 Å². The predicted octanol–water partition coefficient (Wildman–Crippen LogP) is 11.3. The molecule has 0 nitrogen and oxygen atoms in total. The van der Waals surface area contributed by atoms with Crippen LogP contribution in [0.3, 0.4) is 0 Å². The van der Waals surface area contributed by atoms with Crippen molar-refractivity contribution in [2.45, 2.75) is 125 Å². The van der Waals surface area contributed by atoms with Crippen LogP contribution in [0.5, 0.6) is 0 Å². The molecule has 0 saturated carbocycles. The molecule has 0 N–H and O–H groups in total. The molecular weight excluding hydrogens is 680 g/mol. The summed E-state index contributed by atoms with van der Waals surface area (Å²) in [6.45, 7) is 32.9. The predicted molar refractivity (Wildman–Crippen MR) is 219 cm³/mol.